The highest BCUT2D eigenvalue weighted by Crippen LogP contribution is 2.32. The number of hydrogen-bond donors (Lipinski definition) is 0. The molecule has 3 nitrogen and oxygen atoms in total. The summed E-state index contributed by atoms with van der Waals surface area (Å²) in [5.74, 6) is -0.0130. The number of thiazole rings is 1. The number of fused-ring (bicyclic) bond motifs is 1. The van der Waals surface area contributed by atoms with Gasteiger partial charge in [-0.25, -0.2) is 4.98 Å². The molecular formula is C16H13ClN2OS. The fourth-order valence-corrected chi connectivity index (χ4v) is 3.30. The van der Waals surface area contributed by atoms with Crippen LogP contribution in [0.1, 0.15) is 10.4 Å². The quantitative estimate of drug-likeness (QED) is 0.705. The topological polar surface area (TPSA) is 33.2 Å². The van der Waals surface area contributed by atoms with Crippen molar-refractivity contribution in [2.24, 2.45) is 0 Å². The van der Waals surface area contributed by atoms with E-state index in [0.29, 0.717) is 10.6 Å². The average molecular weight is 317 g/mol. The number of carbonyl (C=O) groups excluding carboxylic acids is 1. The van der Waals surface area contributed by atoms with Crippen LogP contribution < -0.4 is 0 Å². The predicted molar refractivity (Wildman–Crippen MR) is 88.1 cm³/mol. The highest BCUT2D eigenvalue weighted by molar-refractivity contribution is 7.21. The number of benzene rings is 2. The Balaban J connectivity index is 2.06. The van der Waals surface area contributed by atoms with Gasteiger partial charge in [-0.15, -0.1) is 11.3 Å². The number of amides is 1. The van der Waals surface area contributed by atoms with Crippen LogP contribution in [-0.2, 0) is 0 Å². The number of rotatable bonds is 2. The molecule has 3 aromatic rings. The number of aromatic nitrogens is 1. The molecule has 0 atom stereocenters. The lowest BCUT2D eigenvalue weighted by molar-refractivity contribution is 0.0827. The van der Waals surface area contributed by atoms with E-state index in [1.54, 1.807) is 30.3 Å². The van der Waals surface area contributed by atoms with Gasteiger partial charge in [0, 0.05) is 30.2 Å². The summed E-state index contributed by atoms with van der Waals surface area (Å²) in [7, 11) is 3.49. The zero-order valence-corrected chi connectivity index (χ0v) is 13.2. The second kappa shape index (κ2) is 5.47. The van der Waals surface area contributed by atoms with Gasteiger partial charge in [0.2, 0.25) is 0 Å². The second-order valence-corrected chi connectivity index (χ2v) is 6.38. The van der Waals surface area contributed by atoms with E-state index in [1.165, 1.54) is 0 Å². The van der Waals surface area contributed by atoms with E-state index in [0.717, 1.165) is 20.8 Å². The van der Waals surface area contributed by atoms with E-state index in [-0.39, 0.29) is 5.91 Å². The van der Waals surface area contributed by atoms with Crippen molar-refractivity contribution < 1.29 is 4.79 Å². The molecule has 0 aliphatic carbocycles. The summed E-state index contributed by atoms with van der Waals surface area (Å²) in [6.07, 6.45) is 0. The van der Waals surface area contributed by atoms with Gasteiger partial charge in [0.1, 0.15) is 5.01 Å². The highest BCUT2D eigenvalue weighted by atomic mass is 35.5. The van der Waals surface area contributed by atoms with Crippen molar-refractivity contribution in [3.8, 4) is 10.6 Å². The molecule has 1 amide bonds. The Bertz CT molecular complexity index is 826. The largest absolute Gasteiger partial charge is 0.345 e. The van der Waals surface area contributed by atoms with Gasteiger partial charge in [-0.2, -0.15) is 0 Å². The third kappa shape index (κ3) is 2.77. The first-order valence-electron chi connectivity index (χ1n) is 6.43. The normalized spacial score (nSPS) is 10.8. The van der Waals surface area contributed by atoms with E-state index < -0.39 is 0 Å². The molecule has 0 radical (unpaired) electrons. The first-order valence-corrected chi connectivity index (χ1v) is 7.62. The first kappa shape index (κ1) is 14.0. The number of halogens is 1. The molecule has 0 aliphatic heterocycles. The maximum Gasteiger partial charge on any atom is 0.253 e. The van der Waals surface area contributed by atoms with E-state index in [9.17, 15) is 4.79 Å². The Morgan fingerprint density at radius 1 is 1.19 bits per heavy atom. The lowest BCUT2D eigenvalue weighted by atomic mass is 10.1. The molecule has 0 unspecified atom stereocenters. The van der Waals surface area contributed by atoms with Crippen LogP contribution in [0.15, 0.2) is 42.5 Å². The Morgan fingerprint density at radius 2 is 2.00 bits per heavy atom. The third-order valence-corrected chi connectivity index (χ3v) is 4.42. The molecule has 106 valence electrons. The molecule has 3 rings (SSSR count). The molecule has 0 bridgehead atoms. The van der Waals surface area contributed by atoms with E-state index >= 15 is 0 Å². The van der Waals surface area contributed by atoms with Crippen molar-refractivity contribution in [2.75, 3.05) is 14.1 Å². The zero-order chi connectivity index (χ0) is 15.0. The molecule has 0 saturated heterocycles. The van der Waals surface area contributed by atoms with Crippen molar-refractivity contribution in [3.63, 3.8) is 0 Å². The zero-order valence-electron chi connectivity index (χ0n) is 11.6. The fourth-order valence-electron chi connectivity index (χ4n) is 2.07. The Hall–Kier alpha value is -1.91. The second-order valence-electron chi connectivity index (χ2n) is 4.91. The van der Waals surface area contributed by atoms with Gasteiger partial charge in [-0.1, -0.05) is 23.7 Å². The minimum Gasteiger partial charge on any atom is -0.345 e. The molecule has 21 heavy (non-hydrogen) atoms. The molecule has 5 heteroatoms. The summed E-state index contributed by atoms with van der Waals surface area (Å²) >= 11 is 7.58. The smallest absolute Gasteiger partial charge is 0.253 e. The molecule has 0 spiro atoms. The maximum atomic E-state index is 12.0. The van der Waals surface area contributed by atoms with E-state index in [2.05, 4.69) is 4.98 Å². The molecule has 1 heterocycles. The molecular weight excluding hydrogens is 304 g/mol. The average Bonchev–Trinajstić information content (AvgIpc) is 2.89. The first-order chi connectivity index (χ1) is 10.0. The van der Waals surface area contributed by atoms with Crippen molar-refractivity contribution in [3.05, 3.63) is 53.1 Å². The summed E-state index contributed by atoms with van der Waals surface area (Å²) in [5, 5.41) is 1.59. The third-order valence-electron chi connectivity index (χ3n) is 3.11. The molecule has 0 saturated carbocycles. The minimum atomic E-state index is -0.0130. The summed E-state index contributed by atoms with van der Waals surface area (Å²) in [6, 6.07) is 13.2. The van der Waals surface area contributed by atoms with Crippen LogP contribution in [0.25, 0.3) is 20.8 Å². The van der Waals surface area contributed by atoms with Gasteiger partial charge in [0.05, 0.1) is 10.2 Å². The van der Waals surface area contributed by atoms with Gasteiger partial charge in [0.15, 0.2) is 0 Å². The van der Waals surface area contributed by atoms with Crippen LogP contribution in [0, 0.1) is 0 Å². The van der Waals surface area contributed by atoms with Crippen molar-refractivity contribution in [1.29, 1.82) is 0 Å². The van der Waals surface area contributed by atoms with Crippen LogP contribution in [0.3, 0.4) is 0 Å². The van der Waals surface area contributed by atoms with E-state index in [1.807, 2.05) is 42.5 Å². The molecule has 2 aromatic carbocycles. The molecule has 0 aliphatic rings. The number of carbonyl (C=O) groups is 1. The molecule has 0 N–H and O–H groups in total. The highest BCUT2D eigenvalue weighted by Gasteiger charge is 2.11. The van der Waals surface area contributed by atoms with Gasteiger partial charge < -0.3 is 4.90 Å². The minimum absolute atomic E-state index is 0.0130. The molecule has 0 fully saturated rings. The SMILES string of the molecule is CN(C)C(=O)c1cccc(-c2nc3ccc(Cl)cc3s2)c1. The van der Waals surface area contributed by atoms with Gasteiger partial charge in [-0.05, 0) is 30.3 Å². The van der Waals surface area contributed by atoms with Gasteiger partial charge >= 0.3 is 0 Å². The van der Waals surface area contributed by atoms with Crippen molar-refractivity contribution >= 4 is 39.1 Å². The lowest BCUT2D eigenvalue weighted by Gasteiger charge is -2.10. The van der Waals surface area contributed by atoms with Crippen LogP contribution in [0.4, 0.5) is 0 Å². The number of nitrogens with zero attached hydrogens (tertiary/aromatic N) is 2. The Morgan fingerprint density at radius 3 is 2.76 bits per heavy atom. The summed E-state index contributed by atoms with van der Waals surface area (Å²) in [4.78, 5) is 18.2. The van der Waals surface area contributed by atoms with Crippen LogP contribution >= 0.6 is 22.9 Å². The summed E-state index contributed by atoms with van der Waals surface area (Å²) < 4.78 is 1.04. The Labute approximate surface area is 131 Å². The summed E-state index contributed by atoms with van der Waals surface area (Å²) in [6.45, 7) is 0. The van der Waals surface area contributed by atoms with Gasteiger partial charge in [-0.3, -0.25) is 4.79 Å². The summed E-state index contributed by atoms with van der Waals surface area (Å²) in [5.41, 5.74) is 2.53. The number of hydrogen-bond acceptors (Lipinski definition) is 3. The van der Waals surface area contributed by atoms with Gasteiger partial charge in [0.25, 0.3) is 5.91 Å². The van der Waals surface area contributed by atoms with Crippen molar-refractivity contribution in [1.82, 2.24) is 9.88 Å². The Kier molecular flexibility index (Phi) is 3.66. The monoisotopic (exact) mass is 316 g/mol. The van der Waals surface area contributed by atoms with Crippen molar-refractivity contribution in [2.45, 2.75) is 0 Å². The predicted octanol–water partition coefficient (Wildman–Crippen LogP) is 4.32. The van der Waals surface area contributed by atoms with Crippen LogP contribution in [-0.4, -0.2) is 29.9 Å². The van der Waals surface area contributed by atoms with E-state index in [4.69, 9.17) is 11.6 Å². The maximum absolute atomic E-state index is 12.0. The lowest BCUT2D eigenvalue weighted by Crippen LogP contribution is -2.21. The van der Waals surface area contributed by atoms with Crippen LogP contribution in [0.5, 0.6) is 0 Å². The molecule has 1 aromatic heterocycles. The standard InChI is InChI=1S/C16H13ClN2OS/c1-19(2)16(20)11-5-3-4-10(8-11)15-18-13-7-6-12(17)9-14(13)21-15/h3-9H,1-2H3. The van der Waals surface area contributed by atoms with Crippen LogP contribution in [0.2, 0.25) is 5.02 Å². The fraction of sp³-hybridized carbons (Fsp3) is 0.125.